The van der Waals surface area contributed by atoms with Gasteiger partial charge in [-0.3, -0.25) is 4.79 Å². The van der Waals surface area contributed by atoms with Crippen molar-refractivity contribution in [3.63, 3.8) is 0 Å². The van der Waals surface area contributed by atoms with Crippen molar-refractivity contribution >= 4 is 27.8 Å². The summed E-state index contributed by atoms with van der Waals surface area (Å²) < 4.78 is 6.72. The van der Waals surface area contributed by atoms with Crippen LogP contribution in [0.3, 0.4) is 0 Å². The predicted octanol–water partition coefficient (Wildman–Crippen LogP) is 4.70. The van der Waals surface area contributed by atoms with Gasteiger partial charge in [-0.1, -0.05) is 28.1 Å². The quantitative estimate of drug-likeness (QED) is 0.769. The molecule has 1 aromatic heterocycles. The van der Waals surface area contributed by atoms with E-state index in [4.69, 9.17) is 4.42 Å². The fraction of sp³-hybridized carbons (Fsp3) is 0.133. The first kappa shape index (κ1) is 12.8. The van der Waals surface area contributed by atoms with Crippen LogP contribution in [0.1, 0.15) is 19.6 Å². The highest BCUT2D eigenvalue weighted by Gasteiger charge is 2.04. The molecule has 0 saturated carbocycles. The van der Waals surface area contributed by atoms with Crippen LogP contribution >= 0.6 is 15.9 Å². The molecule has 0 aliphatic carbocycles. The van der Waals surface area contributed by atoms with Crippen molar-refractivity contribution in [2.45, 2.75) is 13.8 Å². The van der Waals surface area contributed by atoms with E-state index in [1.807, 2.05) is 36.4 Å². The molecule has 2 rings (SSSR count). The molecule has 0 spiro atoms. The molecule has 2 nitrogen and oxygen atoms in total. The van der Waals surface area contributed by atoms with Crippen LogP contribution in [0.15, 0.2) is 50.9 Å². The summed E-state index contributed by atoms with van der Waals surface area (Å²) in [5.74, 6) is 1.54. The van der Waals surface area contributed by atoms with E-state index in [2.05, 4.69) is 15.9 Å². The fourth-order valence-corrected chi connectivity index (χ4v) is 1.78. The first-order chi connectivity index (χ1) is 8.56. The Bertz CT molecular complexity index is 591. The lowest BCUT2D eigenvalue weighted by Crippen LogP contribution is -1.89. The van der Waals surface area contributed by atoms with E-state index < -0.39 is 0 Å². The molecule has 92 valence electrons. The SMILES string of the molecule is CC(=O)/C(C)=C/c1ccc(-c2ccc(Br)cc2)o1. The van der Waals surface area contributed by atoms with Crippen molar-refractivity contribution in [1.29, 1.82) is 0 Å². The van der Waals surface area contributed by atoms with E-state index in [1.165, 1.54) is 0 Å². The van der Waals surface area contributed by atoms with Crippen molar-refractivity contribution in [2.75, 3.05) is 0 Å². The van der Waals surface area contributed by atoms with Gasteiger partial charge >= 0.3 is 0 Å². The van der Waals surface area contributed by atoms with Crippen LogP contribution in [0.25, 0.3) is 17.4 Å². The third-order valence-electron chi connectivity index (χ3n) is 2.67. The number of allylic oxidation sites excluding steroid dienone is 1. The number of ketones is 1. The lowest BCUT2D eigenvalue weighted by molar-refractivity contribution is -0.113. The van der Waals surface area contributed by atoms with Crippen molar-refractivity contribution in [2.24, 2.45) is 0 Å². The Labute approximate surface area is 114 Å². The number of halogens is 1. The van der Waals surface area contributed by atoms with Crippen LogP contribution in [-0.4, -0.2) is 5.78 Å². The fourth-order valence-electron chi connectivity index (χ4n) is 1.51. The minimum atomic E-state index is 0.0524. The minimum Gasteiger partial charge on any atom is -0.457 e. The Balaban J connectivity index is 2.28. The summed E-state index contributed by atoms with van der Waals surface area (Å²) in [4.78, 5) is 11.1. The Morgan fingerprint density at radius 1 is 1.11 bits per heavy atom. The van der Waals surface area contributed by atoms with Crippen molar-refractivity contribution in [3.8, 4) is 11.3 Å². The van der Waals surface area contributed by atoms with Crippen LogP contribution in [0.4, 0.5) is 0 Å². The molecule has 0 saturated heterocycles. The molecular formula is C15H13BrO2. The van der Waals surface area contributed by atoms with E-state index in [1.54, 1.807) is 19.9 Å². The number of hydrogen-bond donors (Lipinski definition) is 0. The average molecular weight is 305 g/mol. The van der Waals surface area contributed by atoms with Gasteiger partial charge in [0.2, 0.25) is 0 Å². The lowest BCUT2D eigenvalue weighted by Gasteiger charge is -1.97. The summed E-state index contributed by atoms with van der Waals surface area (Å²) in [6, 6.07) is 11.7. The number of rotatable bonds is 3. The first-order valence-corrected chi connectivity index (χ1v) is 6.40. The number of carbonyl (C=O) groups excluding carboxylic acids is 1. The lowest BCUT2D eigenvalue weighted by atomic mass is 10.2. The van der Waals surface area contributed by atoms with Crippen LogP contribution in [0.5, 0.6) is 0 Å². The van der Waals surface area contributed by atoms with Gasteiger partial charge in [-0.2, -0.15) is 0 Å². The summed E-state index contributed by atoms with van der Waals surface area (Å²) >= 11 is 3.39. The van der Waals surface area contributed by atoms with Crippen molar-refractivity contribution in [3.05, 3.63) is 52.2 Å². The Hall–Kier alpha value is -1.61. The van der Waals surface area contributed by atoms with Gasteiger partial charge in [-0.05, 0) is 49.8 Å². The second kappa shape index (κ2) is 5.36. The molecule has 0 amide bonds. The molecule has 0 fully saturated rings. The van der Waals surface area contributed by atoms with E-state index in [9.17, 15) is 4.79 Å². The third-order valence-corrected chi connectivity index (χ3v) is 3.20. The van der Waals surface area contributed by atoms with Gasteiger partial charge in [0, 0.05) is 10.0 Å². The standard InChI is InChI=1S/C15H13BrO2/c1-10(11(2)17)9-14-7-8-15(18-14)12-3-5-13(16)6-4-12/h3-9H,1-2H3/b10-9+. The predicted molar refractivity (Wildman–Crippen MR) is 76.2 cm³/mol. The zero-order valence-electron chi connectivity index (χ0n) is 10.2. The Kier molecular flexibility index (Phi) is 3.82. The number of Topliss-reactive ketones (excluding diaryl/α,β-unsaturated/α-hetero) is 1. The van der Waals surface area contributed by atoms with E-state index >= 15 is 0 Å². The van der Waals surface area contributed by atoms with Crippen molar-refractivity contribution in [1.82, 2.24) is 0 Å². The van der Waals surface area contributed by atoms with Crippen molar-refractivity contribution < 1.29 is 9.21 Å². The number of hydrogen-bond acceptors (Lipinski definition) is 2. The molecule has 3 heteroatoms. The molecule has 0 unspecified atom stereocenters. The van der Waals surface area contributed by atoms with Crippen LogP contribution in [-0.2, 0) is 4.79 Å². The van der Waals surface area contributed by atoms with Gasteiger partial charge in [-0.15, -0.1) is 0 Å². The van der Waals surface area contributed by atoms with Gasteiger partial charge in [0.05, 0.1) is 0 Å². The summed E-state index contributed by atoms with van der Waals surface area (Å²) in [6.07, 6.45) is 1.75. The maximum Gasteiger partial charge on any atom is 0.155 e. The Morgan fingerprint density at radius 2 is 1.78 bits per heavy atom. The highest BCUT2D eigenvalue weighted by Crippen LogP contribution is 2.24. The van der Waals surface area contributed by atoms with Crippen LogP contribution < -0.4 is 0 Å². The van der Waals surface area contributed by atoms with Crippen LogP contribution in [0, 0.1) is 0 Å². The molecule has 0 aliphatic heterocycles. The second-order valence-electron chi connectivity index (χ2n) is 4.09. The normalized spacial score (nSPS) is 11.6. The summed E-state index contributed by atoms with van der Waals surface area (Å²) in [5.41, 5.74) is 1.70. The zero-order chi connectivity index (χ0) is 13.1. The molecule has 1 aromatic carbocycles. The monoisotopic (exact) mass is 304 g/mol. The minimum absolute atomic E-state index is 0.0524. The molecule has 0 aliphatic rings. The van der Waals surface area contributed by atoms with Crippen LogP contribution in [0.2, 0.25) is 0 Å². The smallest absolute Gasteiger partial charge is 0.155 e. The number of carbonyl (C=O) groups is 1. The maximum absolute atomic E-state index is 11.1. The topological polar surface area (TPSA) is 30.2 Å². The highest BCUT2D eigenvalue weighted by atomic mass is 79.9. The summed E-state index contributed by atoms with van der Waals surface area (Å²) in [7, 11) is 0. The maximum atomic E-state index is 11.1. The molecule has 0 bridgehead atoms. The molecular weight excluding hydrogens is 292 g/mol. The van der Waals surface area contributed by atoms with Gasteiger partial charge in [0.15, 0.2) is 5.78 Å². The molecule has 18 heavy (non-hydrogen) atoms. The van der Waals surface area contributed by atoms with E-state index in [0.717, 1.165) is 15.8 Å². The van der Waals surface area contributed by atoms with E-state index in [-0.39, 0.29) is 5.78 Å². The summed E-state index contributed by atoms with van der Waals surface area (Å²) in [5, 5.41) is 0. The zero-order valence-corrected chi connectivity index (χ0v) is 11.8. The van der Waals surface area contributed by atoms with Gasteiger partial charge < -0.3 is 4.42 Å². The average Bonchev–Trinajstić information content (AvgIpc) is 2.78. The number of benzene rings is 1. The molecule has 0 atom stereocenters. The van der Waals surface area contributed by atoms with E-state index in [0.29, 0.717) is 11.3 Å². The van der Waals surface area contributed by atoms with Gasteiger partial charge in [-0.25, -0.2) is 0 Å². The number of furan rings is 1. The second-order valence-corrected chi connectivity index (χ2v) is 5.01. The third kappa shape index (κ3) is 2.99. The molecule has 1 heterocycles. The van der Waals surface area contributed by atoms with Gasteiger partial charge in [0.1, 0.15) is 11.5 Å². The largest absolute Gasteiger partial charge is 0.457 e. The molecule has 0 radical (unpaired) electrons. The highest BCUT2D eigenvalue weighted by molar-refractivity contribution is 9.10. The Morgan fingerprint density at radius 3 is 2.39 bits per heavy atom. The van der Waals surface area contributed by atoms with Gasteiger partial charge in [0.25, 0.3) is 0 Å². The summed E-state index contributed by atoms with van der Waals surface area (Å²) in [6.45, 7) is 3.33. The molecule has 0 N–H and O–H groups in total. The molecule has 2 aromatic rings. The first-order valence-electron chi connectivity index (χ1n) is 5.61.